The van der Waals surface area contributed by atoms with E-state index in [1.807, 2.05) is 11.8 Å². The van der Waals surface area contributed by atoms with Crippen LogP contribution in [0, 0.1) is 0 Å². The fourth-order valence-corrected chi connectivity index (χ4v) is 2.39. The highest BCUT2D eigenvalue weighted by Crippen LogP contribution is 2.21. The highest BCUT2D eigenvalue weighted by molar-refractivity contribution is 6.03. The zero-order valence-electron chi connectivity index (χ0n) is 12.1. The lowest BCUT2D eigenvalue weighted by molar-refractivity contribution is -0.118. The molecular formula is C15H21N3O3. The Labute approximate surface area is 123 Å². The molecule has 1 fully saturated rings. The van der Waals surface area contributed by atoms with Crippen molar-refractivity contribution in [1.29, 1.82) is 0 Å². The van der Waals surface area contributed by atoms with E-state index in [0.29, 0.717) is 37.2 Å². The average molecular weight is 291 g/mol. The zero-order valence-corrected chi connectivity index (χ0v) is 12.1. The first-order chi connectivity index (χ1) is 9.87. The smallest absolute Gasteiger partial charge is 0.250 e. The Hall–Kier alpha value is -1.92. The van der Waals surface area contributed by atoms with Crippen LogP contribution in [0.3, 0.4) is 0 Å². The normalized spacial score (nSPS) is 18.2. The van der Waals surface area contributed by atoms with Crippen LogP contribution in [-0.4, -0.2) is 47.1 Å². The average Bonchev–Trinajstić information content (AvgIpc) is 2.41. The molecule has 0 atom stereocenters. The molecule has 1 saturated heterocycles. The van der Waals surface area contributed by atoms with Crippen molar-refractivity contribution >= 4 is 17.5 Å². The van der Waals surface area contributed by atoms with Crippen LogP contribution in [0.15, 0.2) is 24.3 Å². The third kappa shape index (κ3) is 4.27. The third-order valence-electron chi connectivity index (χ3n) is 3.77. The maximum absolute atomic E-state index is 12.0. The van der Waals surface area contributed by atoms with Crippen LogP contribution < -0.4 is 11.1 Å². The number of amides is 2. The maximum Gasteiger partial charge on any atom is 0.250 e. The molecular weight excluding hydrogens is 270 g/mol. The van der Waals surface area contributed by atoms with Crippen molar-refractivity contribution in [2.45, 2.75) is 25.4 Å². The molecule has 1 aromatic carbocycles. The minimum Gasteiger partial charge on any atom is -0.390 e. The molecule has 2 rings (SSSR count). The van der Waals surface area contributed by atoms with Gasteiger partial charge in [-0.15, -0.1) is 0 Å². The molecule has 0 radical (unpaired) electrons. The van der Waals surface area contributed by atoms with Crippen LogP contribution in [0.5, 0.6) is 0 Å². The van der Waals surface area contributed by atoms with Crippen molar-refractivity contribution in [2.24, 2.45) is 5.73 Å². The van der Waals surface area contributed by atoms with Gasteiger partial charge in [-0.05, 0) is 31.9 Å². The number of nitrogens with two attached hydrogens (primary N) is 1. The summed E-state index contributed by atoms with van der Waals surface area (Å²) in [6, 6.07) is 6.66. The summed E-state index contributed by atoms with van der Waals surface area (Å²) < 4.78 is 0. The van der Waals surface area contributed by atoms with E-state index in [0.717, 1.165) is 0 Å². The van der Waals surface area contributed by atoms with Gasteiger partial charge in [0.1, 0.15) is 0 Å². The quantitative estimate of drug-likeness (QED) is 0.755. The first kappa shape index (κ1) is 15.5. The van der Waals surface area contributed by atoms with Crippen LogP contribution in [-0.2, 0) is 4.79 Å². The Morgan fingerprint density at radius 2 is 1.95 bits per heavy atom. The Morgan fingerprint density at radius 1 is 1.33 bits per heavy atom. The first-order valence-corrected chi connectivity index (χ1v) is 7.01. The molecule has 0 spiro atoms. The Bertz CT molecular complexity index is 533. The van der Waals surface area contributed by atoms with Crippen LogP contribution >= 0.6 is 0 Å². The Morgan fingerprint density at radius 3 is 2.57 bits per heavy atom. The summed E-state index contributed by atoms with van der Waals surface area (Å²) in [6.07, 6.45) is 1.30. The summed E-state index contributed by atoms with van der Waals surface area (Å²) in [7, 11) is 0. The number of benzene rings is 1. The van der Waals surface area contributed by atoms with Crippen LogP contribution in [0.1, 0.15) is 30.1 Å². The van der Waals surface area contributed by atoms with Crippen LogP contribution in [0.25, 0.3) is 0 Å². The number of carbonyl (C=O) groups excluding carboxylic acids is 2. The number of para-hydroxylation sites is 1. The molecule has 114 valence electrons. The standard InChI is InChI=1S/C15H21N3O3/c1-15(21)6-8-18(9-7-15)10-13(19)17-12-5-3-2-4-11(12)14(16)20/h2-5,21H,6-10H2,1H3,(H2,16,20)(H,17,19). The molecule has 2 amide bonds. The molecule has 0 bridgehead atoms. The van der Waals surface area contributed by atoms with Gasteiger partial charge < -0.3 is 16.2 Å². The summed E-state index contributed by atoms with van der Waals surface area (Å²) in [4.78, 5) is 25.3. The van der Waals surface area contributed by atoms with E-state index in [4.69, 9.17) is 5.73 Å². The topological polar surface area (TPSA) is 95.7 Å². The molecule has 0 aliphatic carbocycles. The lowest BCUT2D eigenvalue weighted by atomic mass is 9.94. The van der Waals surface area contributed by atoms with Crippen molar-refractivity contribution in [2.75, 3.05) is 25.0 Å². The van der Waals surface area contributed by atoms with E-state index in [-0.39, 0.29) is 12.5 Å². The predicted octanol–water partition coefficient (Wildman–Crippen LogP) is 0.571. The number of nitrogens with zero attached hydrogens (tertiary/aromatic N) is 1. The summed E-state index contributed by atoms with van der Waals surface area (Å²) in [5.74, 6) is -0.759. The van der Waals surface area contributed by atoms with Crippen LogP contribution in [0.2, 0.25) is 0 Å². The number of piperidine rings is 1. The fraction of sp³-hybridized carbons (Fsp3) is 0.467. The number of rotatable bonds is 4. The molecule has 21 heavy (non-hydrogen) atoms. The van der Waals surface area contributed by atoms with Crippen molar-refractivity contribution in [1.82, 2.24) is 4.90 Å². The van der Waals surface area contributed by atoms with E-state index in [1.54, 1.807) is 24.3 Å². The number of likely N-dealkylation sites (tertiary alicyclic amines) is 1. The van der Waals surface area contributed by atoms with Gasteiger partial charge in [-0.3, -0.25) is 14.5 Å². The van der Waals surface area contributed by atoms with Crippen molar-refractivity contribution in [3.8, 4) is 0 Å². The van der Waals surface area contributed by atoms with Gasteiger partial charge in [0.25, 0.3) is 5.91 Å². The number of aliphatic hydroxyl groups is 1. The molecule has 1 heterocycles. The Balaban J connectivity index is 1.92. The SMILES string of the molecule is CC1(O)CCN(CC(=O)Nc2ccccc2C(N)=O)CC1. The number of nitrogens with one attached hydrogen (secondary N) is 1. The molecule has 1 aliphatic rings. The van der Waals surface area contributed by atoms with Gasteiger partial charge in [0.15, 0.2) is 0 Å². The summed E-state index contributed by atoms with van der Waals surface area (Å²) in [5, 5.41) is 12.6. The fourth-order valence-electron chi connectivity index (χ4n) is 2.39. The highest BCUT2D eigenvalue weighted by atomic mass is 16.3. The van der Waals surface area contributed by atoms with Crippen LogP contribution in [0.4, 0.5) is 5.69 Å². The van der Waals surface area contributed by atoms with E-state index < -0.39 is 11.5 Å². The van der Waals surface area contributed by atoms with Gasteiger partial charge in [0.05, 0.1) is 23.4 Å². The molecule has 1 aromatic rings. The molecule has 0 saturated carbocycles. The van der Waals surface area contributed by atoms with E-state index >= 15 is 0 Å². The highest BCUT2D eigenvalue weighted by Gasteiger charge is 2.28. The third-order valence-corrected chi connectivity index (χ3v) is 3.77. The summed E-state index contributed by atoms with van der Waals surface area (Å²) in [6.45, 7) is 3.41. The molecule has 1 aliphatic heterocycles. The van der Waals surface area contributed by atoms with Gasteiger partial charge >= 0.3 is 0 Å². The van der Waals surface area contributed by atoms with E-state index in [1.165, 1.54) is 0 Å². The van der Waals surface area contributed by atoms with E-state index in [2.05, 4.69) is 5.32 Å². The maximum atomic E-state index is 12.0. The summed E-state index contributed by atoms with van der Waals surface area (Å²) >= 11 is 0. The van der Waals surface area contributed by atoms with Gasteiger partial charge in [-0.1, -0.05) is 12.1 Å². The van der Waals surface area contributed by atoms with E-state index in [9.17, 15) is 14.7 Å². The number of hydrogen-bond acceptors (Lipinski definition) is 4. The zero-order chi connectivity index (χ0) is 15.5. The lowest BCUT2D eigenvalue weighted by Crippen LogP contribution is -2.45. The Kier molecular flexibility index (Phi) is 4.59. The van der Waals surface area contributed by atoms with Gasteiger partial charge in [0.2, 0.25) is 5.91 Å². The second-order valence-electron chi connectivity index (χ2n) is 5.73. The van der Waals surface area contributed by atoms with Gasteiger partial charge in [0, 0.05) is 13.1 Å². The predicted molar refractivity (Wildman–Crippen MR) is 79.9 cm³/mol. The van der Waals surface area contributed by atoms with Gasteiger partial charge in [-0.25, -0.2) is 0 Å². The number of carbonyl (C=O) groups is 2. The molecule has 0 unspecified atom stereocenters. The van der Waals surface area contributed by atoms with Gasteiger partial charge in [-0.2, -0.15) is 0 Å². The minimum atomic E-state index is -0.633. The molecule has 6 nitrogen and oxygen atoms in total. The number of anilines is 1. The second kappa shape index (κ2) is 6.24. The van der Waals surface area contributed by atoms with Crippen molar-refractivity contribution < 1.29 is 14.7 Å². The number of hydrogen-bond donors (Lipinski definition) is 3. The summed E-state index contributed by atoms with van der Waals surface area (Å²) in [5.41, 5.74) is 5.37. The largest absolute Gasteiger partial charge is 0.390 e. The number of primary amides is 1. The molecule has 4 N–H and O–H groups in total. The van der Waals surface area contributed by atoms with Crippen molar-refractivity contribution in [3.63, 3.8) is 0 Å². The second-order valence-corrected chi connectivity index (χ2v) is 5.73. The molecule has 0 aromatic heterocycles. The first-order valence-electron chi connectivity index (χ1n) is 7.01. The lowest BCUT2D eigenvalue weighted by Gasteiger charge is -2.35. The monoisotopic (exact) mass is 291 g/mol. The van der Waals surface area contributed by atoms with Crippen molar-refractivity contribution in [3.05, 3.63) is 29.8 Å². The minimum absolute atomic E-state index is 0.190. The molecule has 6 heteroatoms.